The quantitative estimate of drug-likeness (QED) is 0.790. The van der Waals surface area contributed by atoms with Crippen LogP contribution >= 0.6 is 0 Å². The van der Waals surface area contributed by atoms with E-state index in [2.05, 4.69) is 16.8 Å². The van der Waals surface area contributed by atoms with Gasteiger partial charge in [-0.25, -0.2) is 9.37 Å². The number of hydrogen-bond donors (Lipinski definition) is 0. The Kier molecular flexibility index (Phi) is 5.11. The van der Waals surface area contributed by atoms with E-state index in [-0.39, 0.29) is 5.82 Å². The van der Waals surface area contributed by atoms with Gasteiger partial charge >= 0.3 is 0 Å². The first kappa shape index (κ1) is 14.8. The normalized spacial score (nSPS) is 10.7. The Bertz CT molecular complexity index is 664. The average molecular weight is 280 g/mol. The smallest absolute Gasteiger partial charge is 0.123 e. The standard InChI is InChI=1S/C18H17FN2/c1-15(21(2)18-12-10-16(19)11-13-18)7-3-4-8-17-9-5-6-14-20-17/h5-7,9-14H,3H2,1-2H3/b15-7-. The van der Waals surface area contributed by atoms with Crippen LogP contribution in [0.1, 0.15) is 19.0 Å². The summed E-state index contributed by atoms with van der Waals surface area (Å²) in [5.41, 5.74) is 2.79. The summed E-state index contributed by atoms with van der Waals surface area (Å²) in [5, 5.41) is 0. The van der Waals surface area contributed by atoms with Gasteiger partial charge in [-0.15, -0.1) is 0 Å². The molecule has 0 fully saturated rings. The maximum Gasteiger partial charge on any atom is 0.123 e. The van der Waals surface area contributed by atoms with Crippen molar-refractivity contribution in [2.24, 2.45) is 0 Å². The van der Waals surface area contributed by atoms with Crippen LogP contribution in [0.2, 0.25) is 0 Å². The minimum Gasteiger partial charge on any atom is -0.349 e. The molecule has 2 nitrogen and oxygen atoms in total. The average Bonchev–Trinajstić information content (AvgIpc) is 2.52. The van der Waals surface area contributed by atoms with Crippen LogP contribution in [-0.2, 0) is 0 Å². The van der Waals surface area contributed by atoms with Crippen molar-refractivity contribution < 1.29 is 4.39 Å². The number of benzene rings is 1. The molecule has 0 aliphatic carbocycles. The highest BCUT2D eigenvalue weighted by Gasteiger charge is 2.01. The Morgan fingerprint density at radius 2 is 2.00 bits per heavy atom. The first-order valence-corrected chi connectivity index (χ1v) is 6.73. The SMILES string of the molecule is C/C(=C/CC#Cc1ccccn1)N(C)c1ccc(F)cc1. The molecule has 0 saturated heterocycles. The van der Waals surface area contributed by atoms with Crippen molar-refractivity contribution in [1.82, 2.24) is 4.98 Å². The van der Waals surface area contributed by atoms with Crippen LogP contribution in [-0.4, -0.2) is 12.0 Å². The van der Waals surface area contributed by atoms with Gasteiger partial charge in [0.15, 0.2) is 0 Å². The van der Waals surface area contributed by atoms with Gasteiger partial charge < -0.3 is 4.90 Å². The first-order valence-electron chi connectivity index (χ1n) is 6.73. The highest BCUT2D eigenvalue weighted by molar-refractivity contribution is 5.50. The lowest BCUT2D eigenvalue weighted by Crippen LogP contribution is -2.13. The lowest BCUT2D eigenvalue weighted by atomic mass is 10.2. The van der Waals surface area contributed by atoms with Gasteiger partial charge in [-0.1, -0.05) is 18.1 Å². The van der Waals surface area contributed by atoms with E-state index < -0.39 is 0 Å². The fourth-order valence-corrected chi connectivity index (χ4v) is 1.78. The zero-order valence-electron chi connectivity index (χ0n) is 12.2. The summed E-state index contributed by atoms with van der Waals surface area (Å²) < 4.78 is 12.9. The van der Waals surface area contributed by atoms with Crippen LogP contribution in [0.15, 0.2) is 60.4 Å². The summed E-state index contributed by atoms with van der Waals surface area (Å²) in [7, 11) is 1.95. The van der Waals surface area contributed by atoms with Gasteiger partial charge in [-0.2, -0.15) is 0 Å². The number of halogens is 1. The number of hydrogen-bond acceptors (Lipinski definition) is 2. The largest absolute Gasteiger partial charge is 0.349 e. The summed E-state index contributed by atoms with van der Waals surface area (Å²) >= 11 is 0. The molecular weight excluding hydrogens is 263 g/mol. The van der Waals surface area contributed by atoms with E-state index in [0.717, 1.165) is 17.1 Å². The molecule has 3 heteroatoms. The van der Waals surface area contributed by atoms with Crippen LogP contribution in [0, 0.1) is 17.7 Å². The van der Waals surface area contributed by atoms with E-state index in [9.17, 15) is 4.39 Å². The minimum absolute atomic E-state index is 0.227. The molecule has 0 spiro atoms. The summed E-state index contributed by atoms with van der Waals surface area (Å²) in [6.45, 7) is 2.01. The predicted octanol–water partition coefficient (Wildman–Crippen LogP) is 4.00. The maximum atomic E-state index is 12.9. The number of anilines is 1. The molecule has 0 N–H and O–H groups in total. The van der Waals surface area contributed by atoms with E-state index >= 15 is 0 Å². The van der Waals surface area contributed by atoms with E-state index in [1.165, 1.54) is 12.1 Å². The lowest BCUT2D eigenvalue weighted by molar-refractivity contribution is 0.628. The maximum absolute atomic E-state index is 12.9. The van der Waals surface area contributed by atoms with Crippen molar-refractivity contribution >= 4 is 5.69 Å². The molecule has 0 unspecified atom stereocenters. The third-order valence-corrected chi connectivity index (χ3v) is 3.12. The number of pyridine rings is 1. The molecule has 0 atom stereocenters. The molecule has 0 aliphatic heterocycles. The number of nitrogens with zero attached hydrogens (tertiary/aromatic N) is 2. The highest BCUT2D eigenvalue weighted by atomic mass is 19.1. The molecule has 21 heavy (non-hydrogen) atoms. The third-order valence-electron chi connectivity index (χ3n) is 3.12. The van der Waals surface area contributed by atoms with Crippen LogP contribution < -0.4 is 4.90 Å². The molecule has 0 amide bonds. The second-order valence-corrected chi connectivity index (χ2v) is 4.60. The lowest BCUT2D eigenvalue weighted by Gasteiger charge is -2.19. The molecule has 2 rings (SSSR count). The van der Waals surface area contributed by atoms with Gasteiger partial charge in [-0.3, -0.25) is 0 Å². The molecule has 1 aromatic heterocycles. The van der Waals surface area contributed by atoms with Gasteiger partial charge in [0, 0.05) is 31.0 Å². The van der Waals surface area contributed by atoms with Crippen LogP contribution in [0.25, 0.3) is 0 Å². The van der Waals surface area contributed by atoms with E-state index in [1.807, 2.05) is 43.1 Å². The number of rotatable bonds is 3. The van der Waals surface area contributed by atoms with Gasteiger partial charge in [0.1, 0.15) is 11.5 Å². The van der Waals surface area contributed by atoms with E-state index in [4.69, 9.17) is 0 Å². The van der Waals surface area contributed by atoms with Gasteiger partial charge in [-0.05, 0) is 49.2 Å². The van der Waals surface area contributed by atoms with Gasteiger partial charge in [0.2, 0.25) is 0 Å². The second kappa shape index (κ2) is 7.25. The Hall–Kier alpha value is -2.60. The Labute approximate surface area is 124 Å². The summed E-state index contributed by atoms with van der Waals surface area (Å²) in [5.74, 6) is 5.86. The van der Waals surface area contributed by atoms with Crippen molar-refractivity contribution in [2.45, 2.75) is 13.3 Å². The molecule has 0 aliphatic rings. The molecule has 1 heterocycles. The van der Waals surface area contributed by atoms with Crippen molar-refractivity contribution in [3.05, 3.63) is 71.9 Å². The van der Waals surface area contributed by atoms with E-state index in [1.54, 1.807) is 18.3 Å². The fourth-order valence-electron chi connectivity index (χ4n) is 1.78. The number of aromatic nitrogens is 1. The predicted molar refractivity (Wildman–Crippen MR) is 84.3 cm³/mol. The molecule has 0 radical (unpaired) electrons. The summed E-state index contributed by atoms with van der Waals surface area (Å²) in [4.78, 5) is 6.15. The van der Waals surface area contributed by atoms with Gasteiger partial charge in [0.05, 0.1) is 0 Å². The van der Waals surface area contributed by atoms with Crippen LogP contribution in [0.5, 0.6) is 0 Å². The van der Waals surface area contributed by atoms with Crippen LogP contribution in [0.3, 0.4) is 0 Å². The number of allylic oxidation sites excluding steroid dienone is 2. The zero-order chi connectivity index (χ0) is 15.1. The third kappa shape index (κ3) is 4.47. The fraction of sp³-hybridized carbons (Fsp3) is 0.167. The van der Waals surface area contributed by atoms with Crippen molar-refractivity contribution in [3.8, 4) is 11.8 Å². The molecule has 106 valence electrons. The first-order chi connectivity index (χ1) is 10.2. The zero-order valence-corrected chi connectivity index (χ0v) is 12.2. The highest BCUT2D eigenvalue weighted by Crippen LogP contribution is 2.17. The van der Waals surface area contributed by atoms with Crippen molar-refractivity contribution in [1.29, 1.82) is 0 Å². The van der Waals surface area contributed by atoms with Crippen molar-refractivity contribution in [3.63, 3.8) is 0 Å². The van der Waals surface area contributed by atoms with Gasteiger partial charge in [0.25, 0.3) is 0 Å². The monoisotopic (exact) mass is 280 g/mol. The Morgan fingerprint density at radius 1 is 1.24 bits per heavy atom. The molecule has 1 aromatic carbocycles. The molecule has 2 aromatic rings. The van der Waals surface area contributed by atoms with Crippen LogP contribution in [0.4, 0.5) is 10.1 Å². The molecule has 0 bridgehead atoms. The molecular formula is C18H17FN2. The Balaban J connectivity index is 1.98. The van der Waals surface area contributed by atoms with E-state index in [0.29, 0.717) is 6.42 Å². The second-order valence-electron chi connectivity index (χ2n) is 4.60. The summed E-state index contributed by atoms with van der Waals surface area (Å²) in [6.07, 6.45) is 4.42. The summed E-state index contributed by atoms with van der Waals surface area (Å²) in [6, 6.07) is 12.1. The minimum atomic E-state index is -0.227. The van der Waals surface area contributed by atoms with Crippen molar-refractivity contribution in [2.75, 3.05) is 11.9 Å². The Morgan fingerprint density at radius 3 is 2.67 bits per heavy atom. The molecule has 0 saturated carbocycles. The topological polar surface area (TPSA) is 16.1 Å².